The Labute approximate surface area is 248 Å². The average Bonchev–Trinajstić information content (AvgIpc) is 2.99. The molecule has 2 amide bonds. The van der Waals surface area contributed by atoms with Crippen LogP contribution in [0.2, 0.25) is 5.15 Å². The van der Waals surface area contributed by atoms with Crippen molar-refractivity contribution in [2.45, 2.75) is 18.1 Å². The summed E-state index contributed by atoms with van der Waals surface area (Å²) in [5.74, 6) is 0.850. The maximum absolute atomic E-state index is 14.2. The van der Waals surface area contributed by atoms with Gasteiger partial charge in [0, 0.05) is 63.6 Å². The van der Waals surface area contributed by atoms with Gasteiger partial charge in [0.15, 0.2) is 5.16 Å². The maximum Gasteiger partial charge on any atom is 0.257 e. The smallest absolute Gasteiger partial charge is 0.257 e. The third kappa shape index (κ3) is 6.84. The second kappa shape index (κ2) is 12.9. The van der Waals surface area contributed by atoms with Gasteiger partial charge < -0.3 is 24.3 Å². The molecular weight excluding hydrogens is 567 g/mol. The first-order valence-corrected chi connectivity index (χ1v) is 14.8. The van der Waals surface area contributed by atoms with Crippen LogP contribution < -0.4 is 14.5 Å². The molecule has 1 atom stereocenters. The summed E-state index contributed by atoms with van der Waals surface area (Å²) in [5.41, 5.74) is 1.18. The first-order chi connectivity index (χ1) is 19.8. The number of carbonyl (C=O) groups is 2. The molecular formula is C29H32ClFN6O3S. The number of halogens is 2. The van der Waals surface area contributed by atoms with E-state index in [2.05, 4.69) is 14.9 Å². The topological polar surface area (TPSA) is 82.1 Å². The molecule has 0 spiro atoms. The van der Waals surface area contributed by atoms with E-state index in [1.54, 1.807) is 30.2 Å². The molecule has 1 aromatic heterocycles. The second-order valence-corrected chi connectivity index (χ2v) is 11.3. The molecule has 2 aliphatic rings. The highest BCUT2D eigenvalue weighted by molar-refractivity contribution is 7.99. The number of carbonyl (C=O) groups excluding carboxylic acids is 2. The van der Waals surface area contributed by atoms with Crippen LogP contribution in [0.25, 0.3) is 0 Å². The van der Waals surface area contributed by atoms with Gasteiger partial charge in [0.2, 0.25) is 5.91 Å². The van der Waals surface area contributed by atoms with E-state index in [0.717, 1.165) is 24.5 Å². The van der Waals surface area contributed by atoms with E-state index >= 15 is 0 Å². The van der Waals surface area contributed by atoms with Crippen molar-refractivity contribution < 1.29 is 18.7 Å². The lowest BCUT2D eigenvalue weighted by atomic mass is 10.1. The molecule has 3 aromatic rings. The molecule has 0 aliphatic carbocycles. The van der Waals surface area contributed by atoms with E-state index in [0.29, 0.717) is 43.7 Å². The van der Waals surface area contributed by atoms with Gasteiger partial charge in [0.1, 0.15) is 22.5 Å². The minimum Gasteiger partial charge on any atom is -0.497 e. The number of thioether (sulfide) groups is 1. The van der Waals surface area contributed by atoms with Crippen LogP contribution in [-0.4, -0.2) is 96.3 Å². The number of methoxy groups -OCH3 is 1. The van der Waals surface area contributed by atoms with Crippen LogP contribution in [0, 0.1) is 5.82 Å². The Kier molecular flexibility index (Phi) is 9.14. The summed E-state index contributed by atoms with van der Waals surface area (Å²) in [4.78, 5) is 42.7. The largest absolute Gasteiger partial charge is 0.497 e. The number of anilines is 2. The number of ether oxygens (including phenoxy) is 1. The van der Waals surface area contributed by atoms with Gasteiger partial charge in [-0.1, -0.05) is 35.5 Å². The zero-order valence-corrected chi connectivity index (χ0v) is 24.6. The van der Waals surface area contributed by atoms with Crippen molar-refractivity contribution in [1.82, 2.24) is 19.8 Å². The van der Waals surface area contributed by atoms with Crippen molar-refractivity contribution in [2.75, 3.05) is 68.5 Å². The van der Waals surface area contributed by atoms with Crippen LogP contribution in [0.5, 0.6) is 5.75 Å². The lowest BCUT2D eigenvalue weighted by molar-refractivity contribution is -0.128. The van der Waals surface area contributed by atoms with Crippen molar-refractivity contribution in [2.24, 2.45) is 0 Å². The van der Waals surface area contributed by atoms with Crippen molar-refractivity contribution in [1.29, 1.82) is 0 Å². The summed E-state index contributed by atoms with van der Waals surface area (Å²) in [6.07, 6.45) is 0. The Hall–Kier alpha value is -3.57. The van der Waals surface area contributed by atoms with Crippen molar-refractivity contribution >= 4 is 46.7 Å². The van der Waals surface area contributed by atoms with Gasteiger partial charge in [-0.2, -0.15) is 0 Å². The van der Waals surface area contributed by atoms with Gasteiger partial charge in [-0.15, -0.1) is 0 Å². The number of hydrogen-bond donors (Lipinski definition) is 0. The fourth-order valence-electron chi connectivity index (χ4n) is 5.09. The fourth-order valence-corrected chi connectivity index (χ4v) is 6.08. The number of hydrogen-bond acceptors (Lipinski definition) is 8. The molecule has 0 N–H and O–H groups in total. The highest BCUT2D eigenvalue weighted by Gasteiger charge is 2.30. The summed E-state index contributed by atoms with van der Waals surface area (Å²) >= 11 is 7.60. The predicted molar refractivity (Wildman–Crippen MR) is 159 cm³/mol. The summed E-state index contributed by atoms with van der Waals surface area (Å²) < 4.78 is 19.4. The SMILES string of the molecule is COc1ccc(N2CCN(C(=O)CSc3nc(Cl)cc(N4CCN(C(=O)c5ccccc5F)C(C)C4)n3)CC2)cc1. The molecule has 2 saturated heterocycles. The van der Waals surface area contributed by atoms with Gasteiger partial charge in [-0.3, -0.25) is 9.59 Å². The number of benzene rings is 2. The summed E-state index contributed by atoms with van der Waals surface area (Å²) in [7, 11) is 1.65. The van der Waals surface area contributed by atoms with Crippen LogP contribution in [-0.2, 0) is 4.79 Å². The molecule has 1 unspecified atom stereocenters. The molecule has 5 rings (SSSR count). The van der Waals surface area contributed by atoms with Crippen molar-refractivity contribution in [3.05, 3.63) is 71.1 Å². The van der Waals surface area contributed by atoms with Crippen molar-refractivity contribution in [3.8, 4) is 5.75 Å². The third-order valence-electron chi connectivity index (χ3n) is 7.37. The van der Waals surface area contributed by atoms with E-state index in [4.69, 9.17) is 16.3 Å². The standard InChI is InChI=1S/C29H32ClFN6O3S/c1-20-18-36(15-16-37(20)28(39)23-5-3-4-6-24(23)31)26-17-25(30)32-29(33-26)41-19-27(38)35-13-11-34(12-14-35)21-7-9-22(40-2)10-8-21/h3-10,17,20H,11-16,18-19H2,1-2H3. The number of nitrogens with zero attached hydrogens (tertiary/aromatic N) is 6. The number of rotatable bonds is 7. The maximum atomic E-state index is 14.2. The normalized spacial score (nSPS) is 17.5. The lowest BCUT2D eigenvalue weighted by Crippen LogP contribution is -2.54. The molecule has 2 aliphatic heterocycles. The molecule has 9 nitrogen and oxygen atoms in total. The first-order valence-electron chi connectivity index (χ1n) is 13.5. The van der Waals surface area contributed by atoms with Crippen LogP contribution in [0.1, 0.15) is 17.3 Å². The quantitative estimate of drug-likeness (QED) is 0.229. The Bertz CT molecular complexity index is 1390. The molecule has 0 bridgehead atoms. The zero-order chi connectivity index (χ0) is 28.9. The second-order valence-electron chi connectivity index (χ2n) is 9.96. The van der Waals surface area contributed by atoms with E-state index < -0.39 is 5.82 Å². The van der Waals surface area contributed by atoms with Gasteiger partial charge >= 0.3 is 0 Å². The highest BCUT2D eigenvalue weighted by Crippen LogP contribution is 2.26. The Morgan fingerprint density at radius 1 is 1.00 bits per heavy atom. The van der Waals surface area contributed by atoms with E-state index in [1.807, 2.05) is 41.0 Å². The Morgan fingerprint density at radius 3 is 2.39 bits per heavy atom. The van der Waals surface area contributed by atoms with Crippen LogP contribution in [0.4, 0.5) is 15.9 Å². The Morgan fingerprint density at radius 2 is 1.71 bits per heavy atom. The first kappa shape index (κ1) is 28.9. The van der Waals surface area contributed by atoms with Crippen LogP contribution in [0.3, 0.4) is 0 Å². The molecule has 2 fully saturated rings. The monoisotopic (exact) mass is 598 g/mol. The van der Waals surface area contributed by atoms with Crippen LogP contribution in [0.15, 0.2) is 59.8 Å². The van der Waals surface area contributed by atoms with Crippen LogP contribution >= 0.6 is 23.4 Å². The number of aromatic nitrogens is 2. The highest BCUT2D eigenvalue weighted by atomic mass is 35.5. The average molecular weight is 599 g/mol. The van der Waals surface area contributed by atoms with Gasteiger partial charge in [-0.05, 0) is 43.3 Å². The molecule has 216 valence electrons. The lowest BCUT2D eigenvalue weighted by Gasteiger charge is -2.40. The van der Waals surface area contributed by atoms with Gasteiger partial charge in [0.25, 0.3) is 5.91 Å². The third-order valence-corrected chi connectivity index (χ3v) is 8.40. The zero-order valence-electron chi connectivity index (χ0n) is 23.0. The Balaban J connectivity index is 1.14. The molecule has 41 heavy (non-hydrogen) atoms. The fraction of sp³-hybridized carbons (Fsp3) is 0.379. The minimum absolute atomic E-state index is 0.0309. The number of amides is 2. The van der Waals surface area contributed by atoms with E-state index in [9.17, 15) is 14.0 Å². The summed E-state index contributed by atoms with van der Waals surface area (Å²) in [6.45, 7) is 6.15. The molecule has 3 heterocycles. The summed E-state index contributed by atoms with van der Waals surface area (Å²) in [5, 5.41) is 0.714. The van der Waals surface area contributed by atoms with Crippen molar-refractivity contribution in [3.63, 3.8) is 0 Å². The molecule has 2 aromatic carbocycles. The van der Waals surface area contributed by atoms with E-state index in [-0.39, 0.29) is 34.3 Å². The van der Waals surface area contributed by atoms with E-state index in [1.165, 1.54) is 23.9 Å². The van der Waals surface area contributed by atoms with Gasteiger partial charge in [-0.25, -0.2) is 14.4 Å². The molecule has 0 saturated carbocycles. The summed E-state index contributed by atoms with van der Waals surface area (Å²) in [6, 6.07) is 15.5. The molecule has 0 radical (unpaired) electrons. The predicted octanol–water partition coefficient (Wildman–Crippen LogP) is 4.07. The number of piperazine rings is 2. The molecule has 12 heteroatoms. The minimum atomic E-state index is -0.523. The van der Waals surface area contributed by atoms with Gasteiger partial charge in [0.05, 0.1) is 18.4 Å².